The molecule has 0 heterocycles. The van der Waals surface area contributed by atoms with Crippen molar-refractivity contribution in [2.24, 2.45) is 5.92 Å². The highest BCUT2D eigenvalue weighted by atomic mass is 79.9. The summed E-state index contributed by atoms with van der Waals surface area (Å²) in [5, 5.41) is 3.52. The van der Waals surface area contributed by atoms with Gasteiger partial charge in [-0.15, -0.1) is 0 Å². The topological polar surface area (TPSA) is 29.1 Å². The van der Waals surface area contributed by atoms with Gasteiger partial charge in [0.2, 0.25) is 5.91 Å². The molecule has 0 bridgehead atoms. The molecule has 0 spiro atoms. The fourth-order valence-electron chi connectivity index (χ4n) is 1.40. The normalized spacial score (nSPS) is 13.1. The molecule has 0 saturated carbocycles. The van der Waals surface area contributed by atoms with Crippen molar-refractivity contribution < 1.29 is 18.0 Å². The van der Waals surface area contributed by atoms with Crippen LogP contribution in [0.5, 0.6) is 0 Å². The Morgan fingerprint density at radius 2 is 1.89 bits per heavy atom. The lowest BCUT2D eigenvalue weighted by atomic mass is 10.1. The first-order valence-electron chi connectivity index (χ1n) is 5.81. The summed E-state index contributed by atoms with van der Waals surface area (Å²) in [5.74, 6) is 0.129. The van der Waals surface area contributed by atoms with E-state index in [-0.39, 0.29) is 12.3 Å². The molecular formula is C13H15BrF3NO. The zero-order valence-corrected chi connectivity index (χ0v) is 12.0. The van der Waals surface area contributed by atoms with Crippen LogP contribution in [0.4, 0.5) is 13.2 Å². The fraction of sp³-hybridized carbons (Fsp3) is 0.462. The number of amides is 1. The van der Waals surface area contributed by atoms with E-state index in [1.165, 1.54) is 12.1 Å². The number of carbonyl (C=O) groups excluding carboxylic acids is 1. The van der Waals surface area contributed by atoms with Crippen LogP contribution in [0.2, 0.25) is 0 Å². The molecule has 1 N–H and O–H groups in total. The molecule has 6 heteroatoms. The molecule has 106 valence electrons. The van der Waals surface area contributed by atoms with Gasteiger partial charge >= 0.3 is 6.18 Å². The minimum Gasteiger partial charge on any atom is -0.356 e. The average Bonchev–Trinajstić information content (AvgIpc) is 2.35. The second-order valence-corrected chi connectivity index (χ2v) is 5.08. The van der Waals surface area contributed by atoms with Crippen molar-refractivity contribution in [1.82, 2.24) is 5.32 Å². The van der Waals surface area contributed by atoms with Gasteiger partial charge in [-0.05, 0) is 23.6 Å². The Morgan fingerprint density at radius 3 is 2.37 bits per heavy atom. The van der Waals surface area contributed by atoms with Gasteiger partial charge in [-0.3, -0.25) is 4.79 Å². The third-order valence-electron chi connectivity index (χ3n) is 2.56. The highest BCUT2D eigenvalue weighted by Gasteiger charge is 2.29. The largest absolute Gasteiger partial charge is 0.416 e. The summed E-state index contributed by atoms with van der Waals surface area (Å²) in [6.45, 7) is 2.53. The second-order valence-electron chi connectivity index (χ2n) is 4.44. The predicted molar refractivity (Wildman–Crippen MR) is 71.1 cm³/mol. The summed E-state index contributed by atoms with van der Waals surface area (Å²) in [6.07, 6.45) is -4.25. The molecule has 0 aliphatic rings. The van der Waals surface area contributed by atoms with E-state index in [1.54, 1.807) is 0 Å². The number of alkyl halides is 4. The number of nitrogens with one attached hydrogen (secondary N) is 1. The number of hydrogen-bond acceptors (Lipinski definition) is 1. The Balaban J connectivity index is 2.51. The van der Waals surface area contributed by atoms with Crippen LogP contribution in [0.15, 0.2) is 24.3 Å². The summed E-state index contributed by atoms with van der Waals surface area (Å²) in [4.78, 5) is 11.6. The maximum absolute atomic E-state index is 12.3. The predicted octanol–water partition coefficient (Wildman–Crippen LogP) is 3.40. The first-order chi connectivity index (χ1) is 8.82. The Hall–Kier alpha value is -1.04. The molecular weight excluding hydrogens is 323 g/mol. The number of rotatable bonds is 5. The quantitative estimate of drug-likeness (QED) is 0.820. The van der Waals surface area contributed by atoms with Crippen molar-refractivity contribution in [3.05, 3.63) is 35.4 Å². The molecule has 1 atom stereocenters. The first kappa shape index (κ1) is 16.0. The smallest absolute Gasteiger partial charge is 0.356 e. The van der Waals surface area contributed by atoms with Crippen LogP contribution >= 0.6 is 15.9 Å². The Morgan fingerprint density at radius 1 is 1.32 bits per heavy atom. The van der Waals surface area contributed by atoms with Crippen LogP contribution < -0.4 is 5.32 Å². The molecule has 0 fully saturated rings. The van der Waals surface area contributed by atoms with Gasteiger partial charge in [-0.25, -0.2) is 0 Å². The van der Waals surface area contributed by atoms with Crippen molar-refractivity contribution in [1.29, 1.82) is 0 Å². The van der Waals surface area contributed by atoms with Crippen LogP contribution in [-0.2, 0) is 17.4 Å². The zero-order valence-electron chi connectivity index (χ0n) is 10.4. The lowest BCUT2D eigenvalue weighted by molar-refractivity contribution is -0.137. The Bertz CT molecular complexity index is 417. The summed E-state index contributed by atoms with van der Waals surface area (Å²) in [6, 6.07) is 4.64. The first-order valence-corrected chi connectivity index (χ1v) is 6.94. The molecule has 0 aromatic heterocycles. The van der Waals surface area contributed by atoms with Crippen LogP contribution in [0.3, 0.4) is 0 Å². The standard InChI is InChI=1S/C13H15BrF3NO/c1-9(7-14)8-18-12(19)6-10-2-4-11(5-3-10)13(15,16)17/h2-5,9H,6-8H2,1H3,(H,18,19). The van der Waals surface area contributed by atoms with Crippen molar-refractivity contribution in [3.8, 4) is 0 Å². The van der Waals surface area contributed by atoms with E-state index in [0.717, 1.165) is 17.5 Å². The summed E-state index contributed by atoms with van der Waals surface area (Å²) < 4.78 is 37.0. The average molecular weight is 338 g/mol. The number of benzene rings is 1. The third-order valence-corrected chi connectivity index (χ3v) is 3.66. The monoisotopic (exact) mass is 337 g/mol. The number of carbonyl (C=O) groups is 1. The molecule has 1 aromatic carbocycles. The van der Waals surface area contributed by atoms with Crippen LogP contribution in [0.1, 0.15) is 18.1 Å². The van der Waals surface area contributed by atoms with Gasteiger partial charge in [0.15, 0.2) is 0 Å². The molecule has 1 unspecified atom stereocenters. The number of halogens is 4. The molecule has 1 aromatic rings. The maximum Gasteiger partial charge on any atom is 0.416 e. The van der Waals surface area contributed by atoms with Crippen molar-refractivity contribution >= 4 is 21.8 Å². The number of hydrogen-bond donors (Lipinski definition) is 1. The van der Waals surface area contributed by atoms with E-state index in [4.69, 9.17) is 0 Å². The summed E-state index contributed by atoms with van der Waals surface area (Å²) >= 11 is 3.30. The SMILES string of the molecule is CC(CBr)CNC(=O)Cc1ccc(C(F)(F)F)cc1. The molecule has 0 saturated heterocycles. The van der Waals surface area contributed by atoms with Crippen molar-refractivity contribution in [2.45, 2.75) is 19.5 Å². The molecule has 0 aliphatic heterocycles. The van der Waals surface area contributed by atoms with Gasteiger partial charge < -0.3 is 5.32 Å². The molecule has 19 heavy (non-hydrogen) atoms. The van der Waals surface area contributed by atoms with Gasteiger partial charge in [0, 0.05) is 11.9 Å². The van der Waals surface area contributed by atoms with Crippen molar-refractivity contribution in [2.75, 3.05) is 11.9 Å². The molecule has 1 rings (SSSR count). The maximum atomic E-state index is 12.3. The highest BCUT2D eigenvalue weighted by Crippen LogP contribution is 2.29. The van der Waals surface area contributed by atoms with Gasteiger partial charge in [-0.2, -0.15) is 13.2 Å². The lowest BCUT2D eigenvalue weighted by Gasteiger charge is -2.10. The van der Waals surface area contributed by atoms with E-state index in [1.807, 2.05) is 6.92 Å². The van der Waals surface area contributed by atoms with Crippen LogP contribution in [0, 0.1) is 5.92 Å². The fourth-order valence-corrected chi connectivity index (χ4v) is 1.63. The summed E-state index contributed by atoms with van der Waals surface area (Å²) in [5.41, 5.74) is -0.137. The lowest BCUT2D eigenvalue weighted by Crippen LogP contribution is -2.30. The van der Waals surface area contributed by atoms with Crippen LogP contribution in [-0.4, -0.2) is 17.8 Å². The van der Waals surface area contributed by atoms with Gasteiger partial charge in [0.05, 0.1) is 12.0 Å². The summed E-state index contributed by atoms with van der Waals surface area (Å²) in [7, 11) is 0. The molecule has 2 nitrogen and oxygen atoms in total. The van der Waals surface area contributed by atoms with Crippen LogP contribution in [0.25, 0.3) is 0 Å². The van der Waals surface area contributed by atoms with Gasteiger partial charge in [-0.1, -0.05) is 35.0 Å². The van der Waals surface area contributed by atoms with E-state index < -0.39 is 11.7 Å². The molecule has 0 radical (unpaired) electrons. The van der Waals surface area contributed by atoms with E-state index in [0.29, 0.717) is 18.0 Å². The molecule has 1 amide bonds. The zero-order chi connectivity index (χ0) is 14.5. The minimum absolute atomic E-state index is 0.0904. The van der Waals surface area contributed by atoms with Crippen molar-refractivity contribution in [3.63, 3.8) is 0 Å². The van der Waals surface area contributed by atoms with Gasteiger partial charge in [0.1, 0.15) is 0 Å². The van der Waals surface area contributed by atoms with E-state index in [9.17, 15) is 18.0 Å². The molecule has 0 aliphatic carbocycles. The third kappa shape index (κ3) is 5.63. The van der Waals surface area contributed by atoms with E-state index >= 15 is 0 Å². The van der Waals surface area contributed by atoms with E-state index in [2.05, 4.69) is 21.2 Å². The second kappa shape index (κ2) is 6.93. The van der Waals surface area contributed by atoms with Gasteiger partial charge in [0.25, 0.3) is 0 Å². The highest BCUT2D eigenvalue weighted by molar-refractivity contribution is 9.09. The Kier molecular flexibility index (Phi) is 5.85. The Labute approximate surface area is 118 Å². The minimum atomic E-state index is -4.34.